The molecule has 0 aliphatic carbocycles. The zero-order chi connectivity index (χ0) is 25.8. The van der Waals surface area contributed by atoms with E-state index in [1.807, 2.05) is 6.07 Å². The van der Waals surface area contributed by atoms with E-state index in [2.05, 4.69) is 4.74 Å². The molecule has 36 heavy (non-hydrogen) atoms. The number of halogens is 2. The first-order chi connectivity index (χ1) is 17.3. The monoisotopic (exact) mass is 508 g/mol. The van der Waals surface area contributed by atoms with Gasteiger partial charge in [0, 0.05) is 11.6 Å². The molecule has 184 valence electrons. The molecular formula is C27H22ClFN2O5. The number of esters is 1. The lowest BCUT2D eigenvalue weighted by molar-refractivity contribution is -0.122. The lowest BCUT2D eigenvalue weighted by Gasteiger charge is -2.28. The summed E-state index contributed by atoms with van der Waals surface area (Å²) in [7, 11) is 1.25. The molecular weight excluding hydrogens is 487 g/mol. The van der Waals surface area contributed by atoms with Crippen LogP contribution in [0.25, 0.3) is 0 Å². The van der Waals surface area contributed by atoms with Crippen molar-refractivity contribution in [3.05, 3.63) is 100 Å². The van der Waals surface area contributed by atoms with Crippen LogP contribution in [0.15, 0.2) is 72.8 Å². The minimum absolute atomic E-state index is 0.0618. The van der Waals surface area contributed by atoms with Crippen molar-refractivity contribution in [2.75, 3.05) is 18.6 Å². The van der Waals surface area contributed by atoms with Crippen molar-refractivity contribution in [3.8, 4) is 0 Å². The molecule has 0 radical (unpaired) electrons. The predicted molar refractivity (Wildman–Crippen MR) is 131 cm³/mol. The molecule has 0 aromatic heterocycles. The Balaban J connectivity index is 1.63. The van der Waals surface area contributed by atoms with Gasteiger partial charge >= 0.3 is 5.97 Å². The second-order valence-electron chi connectivity index (χ2n) is 8.18. The van der Waals surface area contributed by atoms with Gasteiger partial charge in [0.1, 0.15) is 11.9 Å². The Morgan fingerprint density at radius 3 is 2.44 bits per heavy atom. The van der Waals surface area contributed by atoms with E-state index >= 15 is 0 Å². The number of carbonyl (C=O) groups is 4. The molecule has 0 spiro atoms. The summed E-state index contributed by atoms with van der Waals surface area (Å²) >= 11 is 6.07. The van der Waals surface area contributed by atoms with Crippen LogP contribution in [0.3, 0.4) is 0 Å². The number of carbonyl (C=O) groups excluding carboxylic acids is 4. The van der Waals surface area contributed by atoms with Crippen molar-refractivity contribution in [2.24, 2.45) is 0 Å². The van der Waals surface area contributed by atoms with E-state index in [0.717, 1.165) is 10.5 Å². The molecule has 1 fully saturated rings. The Morgan fingerprint density at radius 1 is 1.06 bits per heavy atom. The average Bonchev–Trinajstić information content (AvgIpc) is 3.17. The highest BCUT2D eigenvalue weighted by molar-refractivity contribution is 6.30. The second-order valence-corrected chi connectivity index (χ2v) is 8.62. The number of hydrogen-bond acceptors (Lipinski definition) is 5. The van der Waals surface area contributed by atoms with Gasteiger partial charge in [-0.2, -0.15) is 0 Å². The van der Waals surface area contributed by atoms with Gasteiger partial charge in [-0.05, 0) is 60.5 Å². The Hall–Kier alpha value is -4.04. The molecule has 4 rings (SSSR count). The quantitative estimate of drug-likeness (QED) is 0.351. The number of methoxy groups -OCH3 is 1. The van der Waals surface area contributed by atoms with Crippen LogP contribution in [0.1, 0.15) is 32.7 Å². The Labute approximate surface area is 212 Å². The van der Waals surface area contributed by atoms with Gasteiger partial charge in [0.25, 0.3) is 11.8 Å². The first kappa shape index (κ1) is 25.1. The van der Waals surface area contributed by atoms with Crippen LogP contribution < -0.4 is 4.90 Å². The predicted octanol–water partition coefficient (Wildman–Crippen LogP) is 4.28. The first-order valence-electron chi connectivity index (χ1n) is 11.1. The minimum atomic E-state index is -1.12. The fourth-order valence-electron chi connectivity index (χ4n) is 4.13. The molecule has 3 aromatic carbocycles. The van der Waals surface area contributed by atoms with Gasteiger partial charge in [-0.25, -0.2) is 14.1 Å². The van der Waals surface area contributed by atoms with E-state index in [-0.39, 0.29) is 29.8 Å². The smallest absolute Gasteiger partial charge is 0.337 e. The number of benzene rings is 3. The van der Waals surface area contributed by atoms with Crippen molar-refractivity contribution in [3.63, 3.8) is 0 Å². The number of ether oxygens (including phenoxy) is 1. The molecule has 9 heteroatoms. The highest BCUT2D eigenvalue weighted by Gasteiger charge is 2.44. The first-order valence-corrected chi connectivity index (χ1v) is 11.5. The van der Waals surface area contributed by atoms with Crippen LogP contribution in [0, 0.1) is 5.82 Å². The van der Waals surface area contributed by atoms with Gasteiger partial charge in [0.05, 0.1) is 30.3 Å². The molecule has 1 aliphatic heterocycles. The highest BCUT2D eigenvalue weighted by Crippen LogP contribution is 2.28. The number of imide groups is 1. The molecule has 0 N–H and O–H groups in total. The van der Waals surface area contributed by atoms with Crippen molar-refractivity contribution >= 4 is 41.0 Å². The Bertz CT molecular complexity index is 1330. The molecule has 0 bridgehead atoms. The third-order valence-corrected chi connectivity index (χ3v) is 6.18. The normalized spacial score (nSPS) is 15.2. The maximum absolute atomic E-state index is 14.5. The van der Waals surface area contributed by atoms with Crippen LogP contribution >= 0.6 is 11.6 Å². The van der Waals surface area contributed by atoms with Gasteiger partial charge in [-0.1, -0.05) is 35.9 Å². The summed E-state index contributed by atoms with van der Waals surface area (Å²) in [5.41, 5.74) is 1.15. The van der Waals surface area contributed by atoms with E-state index in [0.29, 0.717) is 11.4 Å². The molecule has 1 atom stereocenters. The lowest BCUT2D eigenvalue weighted by atomic mass is 10.1. The van der Waals surface area contributed by atoms with Gasteiger partial charge < -0.3 is 9.64 Å². The summed E-state index contributed by atoms with van der Waals surface area (Å²) in [5, 5.41) is 0.521. The molecule has 7 nitrogen and oxygen atoms in total. The van der Waals surface area contributed by atoms with Crippen LogP contribution in [0.2, 0.25) is 5.02 Å². The molecule has 3 aromatic rings. The van der Waals surface area contributed by atoms with Crippen LogP contribution in [-0.4, -0.2) is 48.3 Å². The summed E-state index contributed by atoms with van der Waals surface area (Å²) in [6.45, 7) is 0.0618. The summed E-state index contributed by atoms with van der Waals surface area (Å²) in [6.07, 6.45) is 0.0832. The van der Waals surface area contributed by atoms with E-state index in [9.17, 15) is 23.6 Å². The van der Waals surface area contributed by atoms with E-state index < -0.39 is 35.5 Å². The molecule has 1 saturated heterocycles. The molecule has 1 aliphatic rings. The second kappa shape index (κ2) is 10.7. The maximum atomic E-state index is 14.5. The average molecular weight is 509 g/mol. The zero-order valence-electron chi connectivity index (χ0n) is 19.3. The molecule has 1 heterocycles. The van der Waals surface area contributed by atoms with Gasteiger partial charge in [-0.15, -0.1) is 0 Å². The fraction of sp³-hybridized carbons (Fsp3) is 0.185. The summed E-state index contributed by atoms with van der Waals surface area (Å²) in [5.74, 6) is -3.08. The standard InChI is InChI=1S/C27H22ClFN2O5/c1-36-27(35)18-9-11-20(12-10-18)31-24(32)16-23(26(31)34)30(14-13-17-5-4-6-19(28)15-17)25(33)21-7-2-3-8-22(21)29/h2-12,15,23H,13-14,16H2,1H3. The third kappa shape index (κ3) is 5.13. The van der Waals surface area contributed by atoms with E-state index in [4.69, 9.17) is 11.6 Å². The summed E-state index contributed by atoms with van der Waals surface area (Å²) in [6, 6.07) is 17.2. The minimum Gasteiger partial charge on any atom is -0.465 e. The van der Waals surface area contributed by atoms with Crippen molar-refractivity contribution < 1.29 is 28.3 Å². The van der Waals surface area contributed by atoms with Crippen molar-refractivity contribution in [1.29, 1.82) is 0 Å². The fourth-order valence-corrected chi connectivity index (χ4v) is 4.34. The van der Waals surface area contributed by atoms with Gasteiger partial charge in [-0.3, -0.25) is 14.4 Å². The molecule has 0 saturated carbocycles. The van der Waals surface area contributed by atoms with Crippen molar-refractivity contribution in [2.45, 2.75) is 18.9 Å². The topological polar surface area (TPSA) is 84.0 Å². The van der Waals surface area contributed by atoms with Crippen LogP contribution in [0.5, 0.6) is 0 Å². The molecule has 3 amide bonds. The third-order valence-electron chi connectivity index (χ3n) is 5.94. The maximum Gasteiger partial charge on any atom is 0.337 e. The van der Waals surface area contributed by atoms with Gasteiger partial charge in [0.2, 0.25) is 5.91 Å². The summed E-state index contributed by atoms with van der Waals surface area (Å²) < 4.78 is 19.2. The molecule has 1 unspecified atom stereocenters. The summed E-state index contributed by atoms with van der Waals surface area (Å²) in [4.78, 5) is 53.7. The number of rotatable bonds is 7. The Kier molecular flexibility index (Phi) is 7.45. The largest absolute Gasteiger partial charge is 0.465 e. The lowest BCUT2D eigenvalue weighted by Crippen LogP contribution is -2.46. The van der Waals surface area contributed by atoms with Gasteiger partial charge in [0.15, 0.2) is 0 Å². The SMILES string of the molecule is COC(=O)c1ccc(N2C(=O)CC(N(CCc3cccc(Cl)c3)C(=O)c3ccccc3F)C2=O)cc1. The van der Waals surface area contributed by atoms with Crippen LogP contribution in [0.4, 0.5) is 10.1 Å². The number of amides is 3. The zero-order valence-corrected chi connectivity index (χ0v) is 20.1. The number of nitrogens with zero attached hydrogens (tertiary/aromatic N) is 2. The van der Waals surface area contributed by atoms with E-state index in [1.165, 1.54) is 60.5 Å². The number of anilines is 1. The Morgan fingerprint density at radius 2 is 1.78 bits per heavy atom. The number of hydrogen-bond donors (Lipinski definition) is 0. The van der Waals surface area contributed by atoms with Crippen molar-refractivity contribution in [1.82, 2.24) is 4.90 Å². The van der Waals surface area contributed by atoms with E-state index in [1.54, 1.807) is 18.2 Å². The highest BCUT2D eigenvalue weighted by atomic mass is 35.5. The van der Waals surface area contributed by atoms with Crippen LogP contribution in [-0.2, 0) is 20.7 Å².